The molecular weight excluding hydrogens is 570 g/mol. The number of thioether (sulfide) groups is 1. The number of ether oxygens (including phenoxy) is 2. The highest BCUT2D eigenvalue weighted by Crippen LogP contribution is 2.37. The van der Waals surface area contributed by atoms with Gasteiger partial charge >= 0.3 is 0 Å². The van der Waals surface area contributed by atoms with E-state index in [2.05, 4.69) is 17.1 Å². The number of hydrogen-bond acceptors (Lipinski definition) is 9. The van der Waals surface area contributed by atoms with E-state index in [1.54, 1.807) is 12.1 Å². The van der Waals surface area contributed by atoms with Gasteiger partial charge in [-0.15, -0.1) is 0 Å². The number of hydrogen-bond donors (Lipinski definition) is 1. The van der Waals surface area contributed by atoms with E-state index in [4.69, 9.17) is 36.2 Å². The number of benzene rings is 2. The van der Waals surface area contributed by atoms with Gasteiger partial charge < -0.3 is 19.6 Å². The molecule has 0 bridgehead atoms. The average molecular weight is 600 g/mol. The second-order valence-electron chi connectivity index (χ2n) is 10.4. The standard InChI is InChI=1S/C32H30ClN5O3S/c1-4-27-26(37-30(40-27)21-10-12-22(33)13-11-21)18-42-31-25(16-35)28(24(15-34)29(36)38-31)20-8-5-19(6-9-20)7-14-23-17-39-32(2,3)41-23/h5-6,8-13,23H,4,7,14,17-18H2,1-3H3,(H2,36,38)/t23-/m0/s1. The summed E-state index contributed by atoms with van der Waals surface area (Å²) in [5.41, 5.74) is 10.6. The molecule has 2 N–H and O–H groups in total. The van der Waals surface area contributed by atoms with Crippen molar-refractivity contribution in [2.45, 2.75) is 62.7 Å². The van der Waals surface area contributed by atoms with E-state index in [0.717, 1.165) is 41.0 Å². The van der Waals surface area contributed by atoms with Gasteiger partial charge in [0.05, 0.1) is 24.0 Å². The van der Waals surface area contributed by atoms with Crippen molar-refractivity contribution in [1.82, 2.24) is 9.97 Å². The van der Waals surface area contributed by atoms with Gasteiger partial charge in [-0.3, -0.25) is 0 Å². The van der Waals surface area contributed by atoms with Crippen LogP contribution in [0.2, 0.25) is 5.02 Å². The Morgan fingerprint density at radius 2 is 1.71 bits per heavy atom. The molecule has 1 aliphatic rings. The molecule has 4 aromatic rings. The maximum absolute atomic E-state index is 10.2. The van der Waals surface area contributed by atoms with Crippen LogP contribution >= 0.6 is 23.4 Å². The molecule has 8 nitrogen and oxygen atoms in total. The number of halogens is 1. The number of nitrogen functional groups attached to an aromatic ring is 1. The smallest absolute Gasteiger partial charge is 0.226 e. The van der Waals surface area contributed by atoms with Crippen molar-refractivity contribution in [3.8, 4) is 34.7 Å². The molecule has 0 radical (unpaired) electrons. The number of nitrogens with two attached hydrogens (primary N) is 1. The lowest BCUT2D eigenvalue weighted by Crippen LogP contribution is -2.21. The summed E-state index contributed by atoms with van der Waals surface area (Å²) in [6.07, 6.45) is 2.35. The van der Waals surface area contributed by atoms with E-state index in [0.29, 0.717) is 45.8 Å². The van der Waals surface area contributed by atoms with Crippen LogP contribution in [0, 0.1) is 22.7 Å². The number of pyridine rings is 1. The van der Waals surface area contributed by atoms with Crippen LogP contribution in [0.5, 0.6) is 0 Å². The Labute approximate surface area is 254 Å². The summed E-state index contributed by atoms with van der Waals surface area (Å²) in [7, 11) is 0. The molecular formula is C32H30ClN5O3S. The second-order valence-corrected chi connectivity index (χ2v) is 11.8. The summed E-state index contributed by atoms with van der Waals surface area (Å²) in [5.74, 6) is 1.20. The van der Waals surface area contributed by atoms with E-state index in [1.807, 2.05) is 57.2 Å². The minimum Gasteiger partial charge on any atom is -0.441 e. The Morgan fingerprint density at radius 3 is 2.33 bits per heavy atom. The maximum atomic E-state index is 10.2. The largest absolute Gasteiger partial charge is 0.441 e. The summed E-state index contributed by atoms with van der Waals surface area (Å²) < 4.78 is 17.6. The topological polar surface area (TPSA) is 131 Å². The summed E-state index contributed by atoms with van der Waals surface area (Å²) >= 11 is 7.37. The Bertz CT molecular complexity index is 1670. The third-order valence-electron chi connectivity index (χ3n) is 7.02. The predicted octanol–water partition coefficient (Wildman–Crippen LogP) is 7.32. The maximum Gasteiger partial charge on any atom is 0.226 e. The fourth-order valence-corrected chi connectivity index (χ4v) is 5.97. The molecule has 0 unspecified atom stereocenters. The lowest BCUT2D eigenvalue weighted by Gasteiger charge is -2.17. The first kappa shape index (κ1) is 29.6. The zero-order chi connectivity index (χ0) is 29.9. The first-order valence-corrected chi connectivity index (χ1v) is 15.0. The second kappa shape index (κ2) is 12.6. The van der Waals surface area contributed by atoms with Gasteiger partial charge in [-0.1, -0.05) is 54.6 Å². The van der Waals surface area contributed by atoms with Crippen molar-refractivity contribution in [2.75, 3.05) is 12.3 Å². The van der Waals surface area contributed by atoms with Crippen molar-refractivity contribution >= 4 is 29.2 Å². The van der Waals surface area contributed by atoms with Crippen molar-refractivity contribution in [3.05, 3.63) is 81.7 Å². The molecule has 5 rings (SSSR count). The van der Waals surface area contributed by atoms with Crippen LogP contribution in [0.25, 0.3) is 22.6 Å². The van der Waals surface area contributed by atoms with Gasteiger partial charge in [-0.25, -0.2) is 9.97 Å². The molecule has 0 saturated carbocycles. The quantitative estimate of drug-likeness (QED) is 0.196. The molecule has 1 atom stereocenters. The number of aromatic nitrogens is 2. The third kappa shape index (κ3) is 6.46. The molecule has 0 amide bonds. The van der Waals surface area contributed by atoms with Crippen LogP contribution < -0.4 is 5.73 Å². The van der Waals surface area contributed by atoms with Crippen LogP contribution in [-0.2, 0) is 28.1 Å². The number of nitrogens with zero attached hydrogens (tertiary/aromatic N) is 4. The highest BCUT2D eigenvalue weighted by atomic mass is 35.5. The summed E-state index contributed by atoms with van der Waals surface area (Å²) in [6, 6.07) is 19.6. The highest BCUT2D eigenvalue weighted by Gasteiger charge is 2.32. The molecule has 42 heavy (non-hydrogen) atoms. The van der Waals surface area contributed by atoms with Crippen LogP contribution in [0.4, 0.5) is 5.82 Å². The monoisotopic (exact) mass is 599 g/mol. The van der Waals surface area contributed by atoms with E-state index in [1.165, 1.54) is 11.8 Å². The number of rotatable bonds is 9. The Hall–Kier alpha value is -3.86. The zero-order valence-corrected chi connectivity index (χ0v) is 25.2. The Morgan fingerprint density at radius 1 is 1.02 bits per heavy atom. The van der Waals surface area contributed by atoms with Crippen molar-refractivity contribution < 1.29 is 13.9 Å². The molecule has 10 heteroatoms. The first-order chi connectivity index (χ1) is 20.2. The molecule has 1 saturated heterocycles. The van der Waals surface area contributed by atoms with Crippen molar-refractivity contribution in [3.63, 3.8) is 0 Å². The van der Waals surface area contributed by atoms with E-state index in [-0.39, 0.29) is 17.5 Å². The predicted molar refractivity (Wildman–Crippen MR) is 163 cm³/mol. The molecule has 2 aromatic carbocycles. The first-order valence-electron chi connectivity index (χ1n) is 13.6. The van der Waals surface area contributed by atoms with E-state index >= 15 is 0 Å². The number of nitriles is 2. The van der Waals surface area contributed by atoms with Crippen LogP contribution in [0.3, 0.4) is 0 Å². The minimum atomic E-state index is -0.544. The molecule has 1 aliphatic heterocycles. The minimum absolute atomic E-state index is 0.0508. The lowest BCUT2D eigenvalue weighted by molar-refractivity contribution is -0.138. The summed E-state index contributed by atoms with van der Waals surface area (Å²) in [6.45, 7) is 6.41. The van der Waals surface area contributed by atoms with Gasteiger partial charge in [0.2, 0.25) is 5.89 Å². The number of anilines is 1. The Kier molecular flexibility index (Phi) is 8.86. The normalized spacial score (nSPS) is 15.8. The molecule has 0 aliphatic carbocycles. The molecule has 3 heterocycles. The third-order valence-corrected chi connectivity index (χ3v) is 8.26. The van der Waals surface area contributed by atoms with Crippen molar-refractivity contribution in [1.29, 1.82) is 10.5 Å². The molecule has 214 valence electrons. The van der Waals surface area contributed by atoms with Gasteiger partial charge in [0, 0.05) is 28.3 Å². The fraction of sp³-hybridized carbons (Fsp3) is 0.312. The van der Waals surface area contributed by atoms with Crippen LogP contribution in [-0.4, -0.2) is 28.5 Å². The lowest BCUT2D eigenvalue weighted by atomic mass is 9.95. The van der Waals surface area contributed by atoms with Crippen LogP contribution in [0.15, 0.2) is 58.0 Å². The average Bonchev–Trinajstić information content (AvgIpc) is 3.57. The molecule has 1 fully saturated rings. The molecule has 0 spiro atoms. The van der Waals surface area contributed by atoms with Gasteiger partial charge in [-0.05, 0) is 62.1 Å². The number of aryl methyl sites for hydroxylation is 2. The van der Waals surface area contributed by atoms with E-state index < -0.39 is 5.79 Å². The fourth-order valence-electron chi connectivity index (χ4n) is 4.89. The Balaban J connectivity index is 1.39. The molecule has 2 aromatic heterocycles. The van der Waals surface area contributed by atoms with Gasteiger partial charge in [0.1, 0.15) is 34.3 Å². The van der Waals surface area contributed by atoms with Crippen molar-refractivity contribution in [2.24, 2.45) is 0 Å². The van der Waals surface area contributed by atoms with E-state index in [9.17, 15) is 10.5 Å². The summed E-state index contributed by atoms with van der Waals surface area (Å²) in [4.78, 5) is 9.16. The SMILES string of the molecule is CCc1oc(-c2ccc(Cl)cc2)nc1CSc1nc(N)c(C#N)c(-c2ccc(CC[C@H]3COC(C)(C)O3)cc2)c1C#N. The highest BCUT2D eigenvalue weighted by molar-refractivity contribution is 7.98. The van der Waals surface area contributed by atoms with Gasteiger partial charge in [0.15, 0.2) is 5.79 Å². The summed E-state index contributed by atoms with van der Waals surface area (Å²) in [5, 5.41) is 21.2. The zero-order valence-electron chi connectivity index (χ0n) is 23.6. The number of oxazole rings is 1. The van der Waals surface area contributed by atoms with Gasteiger partial charge in [0.25, 0.3) is 0 Å². The van der Waals surface area contributed by atoms with Gasteiger partial charge in [-0.2, -0.15) is 10.5 Å². The van der Waals surface area contributed by atoms with Crippen LogP contribution in [0.1, 0.15) is 55.3 Å².